The van der Waals surface area contributed by atoms with Crippen LogP contribution in [0.15, 0.2) is 0 Å². The quantitative estimate of drug-likeness (QED) is 0.649. The van der Waals surface area contributed by atoms with Crippen LogP contribution in [0.1, 0.15) is 27.7 Å². The standard InChI is InChI=1S/C10H17NO4/c1-7(2)15-9(13)11-8(5-12)6-14-10(11,3)4/h5,7-8H,6H2,1-4H3/t8-/m0/s1. The average Bonchev–Trinajstić information content (AvgIpc) is 2.39. The molecule has 1 heterocycles. The molecule has 0 saturated carbocycles. The lowest BCUT2D eigenvalue weighted by molar-refractivity contribution is -0.112. The fourth-order valence-corrected chi connectivity index (χ4v) is 1.55. The summed E-state index contributed by atoms with van der Waals surface area (Å²) in [6, 6.07) is -0.550. The van der Waals surface area contributed by atoms with Crippen LogP contribution in [0.25, 0.3) is 0 Å². The number of ether oxygens (including phenoxy) is 2. The largest absolute Gasteiger partial charge is 0.447 e. The van der Waals surface area contributed by atoms with Crippen molar-refractivity contribution in [3.8, 4) is 0 Å². The molecule has 0 aromatic heterocycles. The summed E-state index contributed by atoms with van der Waals surface area (Å²) in [5, 5.41) is 0. The van der Waals surface area contributed by atoms with E-state index < -0.39 is 17.9 Å². The minimum absolute atomic E-state index is 0.207. The van der Waals surface area contributed by atoms with E-state index in [9.17, 15) is 9.59 Å². The Hall–Kier alpha value is -1.10. The van der Waals surface area contributed by atoms with Gasteiger partial charge in [-0.25, -0.2) is 4.79 Å². The van der Waals surface area contributed by atoms with Crippen LogP contribution in [-0.2, 0) is 14.3 Å². The van der Waals surface area contributed by atoms with Gasteiger partial charge in [0.25, 0.3) is 0 Å². The molecule has 1 saturated heterocycles. The Morgan fingerprint density at radius 1 is 1.60 bits per heavy atom. The molecule has 0 spiro atoms. The Kier molecular flexibility index (Phi) is 3.34. The number of nitrogens with zero attached hydrogens (tertiary/aromatic N) is 1. The number of carbonyl (C=O) groups excluding carboxylic acids is 2. The monoisotopic (exact) mass is 215 g/mol. The van der Waals surface area contributed by atoms with Crippen LogP contribution in [0.2, 0.25) is 0 Å². The van der Waals surface area contributed by atoms with Gasteiger partial charge in [-0.15, -0.1) is 0 Å². The summed E-state index contributed by atoms with van der Waals surface area (Å²) in [6.07, 6.45) is -0.0122. The van der Waals surface area contributed by atoms with Gasteiger partial charge < -0.3 is 14.3 Å². The van der Waals surface area contributed by atoms with E-state index in [1.807, 2.05) is 0 Å². The Bertz CT molecular complexity index is 262. The summed E-state index contributed by atoms with van der Waals surface area (Å²) < 4.78 is 10.4. The van der Waals surface area contributed by atoms with Crippen molar-refractivity contribution < 1.29 is 19.1 Å². The second-order valence-corrected chi connectivity index (χ2v) is 4.26. The van der Waals surface area contributed by atoms with Crippen LogP contribution in [0.3, 0.4) is 0 Å². The van der Waals surface area contributed by atoms with E-state index in [2.05, 4.69) is 0 Å². The molecule has 1 fully saturated rings. The Morgan fingerprint density at radius 2 is 2.20 bits per heavy atom. The Balaban J connectivity index is 2.79. The average molecular weight is 215 g/mol. The molecule has 1 rings (SSSR count). The van der Waals surface area contributed by atoms with Crippen molar-refractivity contribution in [1.29, 1.82) is 0 Å². The second kappa shape index (κ2) is 4.18. The van der Waals surface area contributed by atoms with Crippen molar-refractivity contribution in [2.45, 2.75) is 45.6 Å². The first kappa shape index (κ1) is 12.0. The molecule has 5 nitrogen and oxygen atoms in total. The summed E-state index contributed by atoms with van der Waals surface area (Å²) in [5.41, 5.74) is -0.780. The first-order valence-corrected chi connectivity index (χ1v) is 4.97. The highest BCUT2D eigenvalue weighted by Crippen LogP contribution is 2.27. The molecule has 1 aliphatic rings. The minimum atomic E-state index is -0.780. The number of aldehydes is 1. The van der Waals surface area contributed by atoms with Gasteiger partial charge in [-0.3, -0.25) is 4.90 Å². The van der Waals surface area contributed by atoms with Crippen LogP contribution >= 0.6 is 0 Å². The summed E-state index contributed by atoms with van der Waals surface area (Å²) in [7, 11) is 0. The molecule has 0 aromatic carbocycles. The van der Waals surface area contributed by atoms with Crippen molar-refractivity contribution in [2.24, 2.45) is 0 Å². The zero-order valence-electron chi connectivity index (χ0n) is 9.52. The molecule has 0 unspecified atom stereocenters. The second-order valence-electron chi connectivity index (χ2n) is 4.26. The zero-order chi connectivity index (χ0) is 11.6. The van der Waals surface area contributed by atoms with Gasteiger partial charge in [0.05, 0.1) is 12.7 Å². The van der Waals surface area contributed by atoms with Gasteiger partial charge in [0.1, 0.15) is 18.1 Å². The maximum absolute atomic E-state index is 11.7. The summed E-state index contributed by atoms with van der Waals surface area (Å²) in [6.45, 7) is 7.22. The maximum atomic E-state index is 11.7. The third-order valence-corrected chi connectivity index (χ3v) is 2.21. The van der Waals surface area contributed by atoms with Gasteiger partial charge in [-0.1, -0.05) is 0 Å². The van der Waals surface area contributed by atoms with E-state index in [-0.39, 0.29) is 12.7 Å². The smallest absolute Gasteiger partial charge is 0.412 e. The number of amides is 1. The van der Waals surface area contributed by atoms with Gasteiger partial charge in [-0.05, 0) is 27.7 Å². The van der Waals surface area contributed by atoms with Gasteiger partial charge >= 0.3 is 6.09 Å². The van der Waals surface area contributed by atoms with Crippen molar-refractivity contribution in [3.05, 3.63) is 0 Å². The molecule has 0 bridgehead atoms. The molecule has 0 radical (unpaired) electrons. The van der Waals surface area contributed by atoms with Crippen molar-refractivity contribution in [3.63, 3.8) is 0 Å². The SMILES string of the molecule is CC(C)OC(=O)N1[C@@H](C=O)COC1(C)C. The maximum Gasteiger partial charge on any atom is 0.412 e. The topological polar surface area (TPSA) is 55.8 Å². The van der Waals surface area contributed by atoms with Crippen LogP contribution in [0.4, 0.5) is 4.79 Å². The van der Waals surface area contributed by atoms with Crippen molar-refractivity contribution in [1.82, 2.24) is 4.90 Å². The van der Waals surface area contributed by atoms with E-state index in [1.165, 1.54) is 4.90 Å². The predicted molar refractivity (Wildman–Crippen MR) is 53.3 cm³/mol. The summed E-state index contributed by atoms with van der Waals surface area (Å²) >= 11 is 0. The molecule has 1 atom stereocenters. The van der Waals surface area contributed by atoms with E-state index >= 15 is 0 Å². The first-order chi connectivity index (χ1) is 6.88. The fraction of sp³-hybridized carbons (Fsp3) is 0.800. The molecule has 0 aliphatic carbocycles. The number of carbonyl (C=O) groups is 2. The van der Waals surface area contributed by atoms with Crippen molar-refractivity contribution >= 4 is 12.4 Å². The molecule has 0 N–H and O–H groups in total. The molecule has 15 heavy (non-hydrogen) atoms. The molecular formula is C10H17NO4. The van der Waals surface area contributed by atoms with Gasteiger partial charge in [0.15, 0.2) is 0 Å². The van der Waals surface area contributed by atoms with Crippen LogP contribution < -0.4 is 0 Å². The molecule has 1 amide bonds. The van der Waals surface area contributed by atoms with Gasteiger partial charge in [0.2, 0.25) is 0 Å². The van der Waals surface area contributed by atoms with E-state index in [0.717, 1.165) is 0 Å². The Morgan fingerprint density at radius 3 is 2.67 bits per heavy atom. The lowest BCUT2D eigenvalue weighted by Gasteiger charge is -2.31. The Labute approximate surface area is 89.3 Å². The third kappa shape index (κ3) is 2.47. The zero-order valence-corrected chi connectivity index (χ0v) is 9.52. The molecule has 86 valence electrons. The minimum Gasteiger partial charge on any atom is -0.447 e. The van der Waals surface area contributed by atoms with E-state index in [1.54, 1.807) is 27.7 Å². The molecule has 1 aliphatic heterocycles. The van der Waals surface area contributed by atoms with Gasteiger partial charge in [-0.2, -0.15) is 0 Å². The number of rotatable bonds is 2. The summed E-state index contributed by atoms with van der Waals surface area (Å²) in [4.78, 5) is 23.8. The van der Waals surface area contributed by atoms with Crippen LogP contribution in [0.5, 0.6) is 0 Å². The highest BCUT2D eigenvalue weighted by atomic mass is 16.6. The van der Waals surface area contributed by atoms with Gasteiger partial charge in [0, 0.05) is 0 Å². The lowest BCUT2D eigenvalue weighted by atomic mass is 10.2. The predicted octanol–water partition coefficient (Wildman–Crippen LogP) is 1.17. The fourth-order valence-electron chi connectivity index (χ4n) is 1.55. The lowest BCUT2D eigenvalue weighted by Crippen LogP contribution is -2.49. The van der Waals surface area contributed by atoms with Crippen LogP contribution in [0, 0.1) is 0 Å². The molecule has 5 heteroatoms. The number of hydrogen-bond acceptors (Lipinski definition) is 4. The van der Waals surface area contributed by atoms with E-state index in [0.29, 0.717) is 6.29 Å². The van der Waals surface area contributed by atoms with Crippen molar-refractivity contribution in [2.75, 3.05) is 6.61 Å². The number of hydrogen-bond donors (Lipinski definition) is 0. The third-order valence-electron chi connectivity index (χ3n) is 2.21. The summed E-state index contributed by atoms with van der Waals surface area (Å²) in [5.74, 6) is 0. The highest BCUT2D eigenvalue weighted by molar-refractivity contribution is 5.75. The normalized spacial score (nSPS) is 24.3. The van der Waals surface area contributed by atoms with Crippen LogP contribution in [-0.4, -0.2) is 41.8 Å². The highest BCUT2D eigenvalue weighted by Gasteiger charge is 2.44. The molecule has 0 aromatic rings. The first-order valence-electron chi connectivity index (χ1n) is 4.97. The molecular weight excluding hydrogens is 198 g/mol. The van der Waals surface area contributed by atoms with E-state index in [4.69, 9.17) is 9.47 Å².